The minimum Gasteiger partial charge on any atom is -0.459 e. The zero-order valence-electron chi connectivity index (χ0n) is 22.1. The lowest BCUT2D eigenvalue weighted by atomic mass is 9.93. The largest absolute Gasteiger partial charge is 0.459 e. The molecule has 10 heteroatoms. The standard InChI is InChI=1S/C27H38N3O6P/c1-5-35-37(33,36-6-2)19-29(16-20(3)4)27(32)30-17-23-14-24(28)13-12-22(23)15-25(30)26(31)34-18-21-10-8-7-9-11-21/h7-14,20,25H,5-6,15-19,28H2,1-4H3. The Bertz CT molecular complexity index is 1100. The van der Waals surface area contributed by atoms with Crippen molar-refractivity contribution in [3.8, 4) is 0 Å². The van der Waals surface area contributed by atoms with Crippen molar-refractivity contribution in [3.63, 3.8) is 0 Å². The summed E-state index contributed by atoms with van der Waals surface area (Å²) in [6.45, 7) is 8.34. The summed E-state index contributed by atoms with van der Waals surface area (Å²) in [6.07, 6.45) is 0.0802. The van der Waals surface area contributed by atoms with Gasteiger partial charge in [-0.25, -0.2) is 9.59 Å². The third-order valence-electron chi connectivity index (χ3n) is 5.95. The molecule has 0 radical (unpaired) electrons. The molecular formula is C27H38N3O6P. The van der Waals surface area contributed by atoms with Gasteiger partial charge < -0.3 is 29.3 Å². The van der Waals surface area contributed by atoms with Crippen molar-refractivity contribution in [2.24, 2.45) is 5.92 Å². The van der Waals surface area contributed by atoms with Gasteiger partial charge in [-0.3, -0.25) is 4.57 Å². The van der Waals surface area contributed by atoms with E-state index >= 15 is 0 Å². The van der Waals surface area contributed by atoms with E-state index in [-0.39, 0.29) is 38.6 Å². The molecular weight excluding hydrogens is 493 g/mol. The fourth-order valence-electron chi connectivity index (χ4n) is 4.38. The predicted molar refractivity (Wildman–Crippen MR) is 143 cm³/mol. The van der Waals surface area contributed by atoms with Gasteiger partial charge in [0.15, 0.2) is 0 Å². The number of hydrogen-bond donors (Lipinski definition) is 1. The number of ether oxygens (including phenoxy) is 1. The molecule has 0 aromatic heterocycles. The van der Waals surface area contributed by atoms with Crippen molar-refractivity contribution in [3.05, 3.63) is 65.2 Å². The smallest absolute Gasteiger partial charge is 0.349 e. The molecule has 37 heavy (non-hydrogen) atoms. The summed E-state index contributed by atoms with van der Waals surface area (Å²) in [7, 11) is -3.56. The van der Waals surface area contributed by atoms with Crippen LogP contribution < -0.4 is 5.73 Å². The Morgan fingerprint density at radius 1 is 1.08 bits per heavy atom. The monoisotopic (exact) mass is 531 g/mol. The van der Waals surface area contributed by atoms with Crippen LogP contribution in [0.25, 0.3) is 0 Å². The highest BCUT2D eigenvalue weighted by atomic mass is 31.2. The van der Waals surface area contributed by atoms with E-state index in [2.05, 4.69) is 0 Å². The van der Waals surface area contributed by atoms with Crippen molar-refractivity contribution in [1.82, 2.24) is 9.80 Å². The number of benzene rings is 2. The van der Waals surface area contributed by atoms with Crippen LogP contribution in [0.4, 0.5) is 10.5 Å². The summed E-state index contributed by atoms with van der Waals surface area (Å²) in [5.74, 6) is -0.418. The van der Waals surface area contributed by atoms with E-state index in [1.165, 1.54) is 9.80 Å². The van der Waals surface area contributed by atoms with E-state index in [0.717, 1.165) is 16.7 Å². The van der Waals surface area contributed by atoms with Crippen LogP contribution in [0.15, 0.2) is 48.5 Å². The molecule has 2 aromatic carbocycles. The summed E-state index contributed by atoms with van der Waals surface area (Å²) in [5.41, 5.74) is 9.24. The Kier molecular flexibility index (Phi) is 10.1. The molecule has 1 aliphatic heterocycles. The Morgan fingerprint density at radius 3 is 2.38 bits per heavy atom. The second-order valence-corrected chi connectivity index (χ2v) is 11.5. The van der Waals surface area contributed by atoms with Crippen molar-refractivity contribution in [1.29, 1.82) is 0 Å². The Hall–Kier alpha value is -2.87. The Labute approximate surface area is 219 Å². The molecule has 0 aliphatic carbocycles. The first kappa shape index (κ1) is 28.7. The zero-order chi connectivity index (χ0) is 27.0. The molecule has 1 unspecified atom stereocenters. The van der Waals surface area contributed by atoms with Crippen LogP contribution in [-0.4, -0.2) is 53.9 Å². The van der Waals surface area contributed by atoms with Gasteiger partial charge in [0.1, 0.15) is 18.9 Å². The summed E-state index contributed by atoms with van der Waals surface area (Å²) >= 11 is 0. The van der Waals surface area contributed by atoms with Gasteiger partial charge in [0, 0.05) is 25.2 Å². The van der Waals surface area contributed by atoms with Gasteiger partial charge in [-0.05, 0) is 48.6 Å². The minimum absolute atomic E-state index is 0.0804. The molecule has 0 fully saturated rings. The van der Waals surface area contributed by atoms with Gasteiger partial charge in [-0.2, -0.15) is 0 Å². The second kappa shape index (κ2) is 13.1. The third-order valence-corrected chi connectivity index (χ3v) is 7.94. The lowest BCUT2D eigenvalue weighted by molar-refractivity contribution is -0.151. The molecule has 2 aromatic rings. The number of nitrogen functional groups attached to an aromatic ring is 1. The number of nitrogens with zero attached hydrogens (tertiary/aromatic N) is 2. The molecule has 3 rings (SSSR count). The molecule has 202 valence electrons. The quantitative estimate of drug-likeness (QED) is 0.246. The third kappa shape index (κ3) is 7.81. The molecule has 0 spiro atoms. The number of fused-ring (bicyclic) bond motifs is 1. The summed E-state index contributed by atoms with van der Waals surface area (Å²) in [5, 5.41) is 0. The average Bonchev–Trinajstić information content (AvgIpc) is 2.86. The van der Waals surface area contributed by atoms with E-state index in [1.807, 2.05) is 56.3 Å². The van der Waals surface area contributed by atoms with Crippen LogP contribution in [0, 0.1) is 5.92 Å². The molecule has 0 bridgehead atoms. The van der Waals surface area contributed by atoms with Crippen LogP contribution in [0.1, 0.15) is 44.4 Å². The van der Waals surface area contributed by atoms with Crippen LogP contribution in [0.3, 0.4) is 0 Å². The second-order valence-electron chi connectivity index (χ2n) is 9.46. The van der Waals surface area contributed by atoms with Crippen molar-refractivity contribution < 1.29 is 27.9 Å². The number of amides is 2. The highest BCUT2D eigenvalue weighted by Crippen LogP contribution is 2.49. The van der Waals surface area contributed by atoms with Gasteiger partial charge in [-0.15, -0.1) is 0 Å². The molecule has 1 heterocycles. The maximum absolute atomic E-state index is 14.0. The number of rotatable bonds is 11. The number of nitrogens with two attached hydrogens (primary N) is 1. The lowest BCUT2D eigenvalue weighted by Crippen LogP contribution is -2.54. The molecule has 2 N–H and O–H groups in total. The fourth-order valence-corrected chi connectivity index (χ4v) is 6.06. The normalized spacial score (nSPS) is 15.4. The van der Waals surface area contributed by atoms with Crippen LogP contribution in [0.2, 0.25) is 0 Å². The number of carbonyl (C=O) groups excluding carboxylic acids is 2. The first-order chi connectivity index (χ1) is 17.7. The van der Waals surface area contributed by atoms with Crippen molar-refractivity contribution in [2.75, 3.05) is 31.8 Å². The molecule has 9 nitrogen and oxygen atoms in total. The number of esters is 1. The molecule has 1 atom stereocenters. The maximum atomic E-state index is 14.0. The van der Waals surface area contributed by atoms with Gasteiger partial charge in [0.25, 0.3) is 0 Å². The van der Waals surface area contributed by atoms with Gasteiger partial charge in [0.2, 0.25) is 0 Å². The van der Waals surface area contributed by atoms with E-state index in [4.69, 9.17) is 19.5 Å². The van der Waals surface area contributed by atoms with Crippen molar-refractivity contribution >= 4 is 25.3 Å². The van der Waals surface area contributed by atoms with E-state index < -0.39 is 25.6 Å². The number of carbonyl (C=O) groups is 2. The number of urea groups is 1. The predicted octanol–water partition coefficient (Wildman–Crippen LogP) is 5.04. The Balaban J connectivity index is 1.90. The van der Waals surface area contributed by atoms with Gasteiger partial charge in [-0.1, -0.05) is 50.2 Å². The minimum atomic E-state index is -3.56. The lowest BCUT2D eigenvalue weighted by Gasteiger charge is -2.39. The average molecular weight is 532 g/mol. The van der Waals surface area contributed by atoms with Crippen molar-refractivity contribution in [2.45, 2.75) is 53.3 Å². The van der Waals surface area contributed by atoms with Gasteiger partial charge in [0.05, 0.1) is 13.2 Å². The van der Waals surface area contributed by atoms with E-state index in [1.54, 1.807) is 19.9 Å². The highest BCUT2D eigenvalue weighted by Gasteiger charge is 2.40. The first-order valence-corrected chi connectivity index (χ1v) is 14.4. The topological polar surface area (TPSA) is 111 Å². The van der Waals surface area contributed by atoms with E-state index in [0.29, 0.717) is 18.7 Å². The van der Waals surface area contributed by atoms with E-state index in [9.17, 15) is 14.2 Å². The number of anilines is 1. The summed E-state index contributed by atoms with van der Waals surface area (Å²) in [4.78, 5) is 30.3. The Morgan fingerprint density at radius 2 is 1.76 bits per heavy atom. The SMILES string of the molecule is CCOP(=O)(CN(CC(C)C)C(=O)N1Cc2cc(N)ccc2CC1C(=O)OCc1ccccc1)OCC. The summed E-state index contributed by atoms with van der Waals surface area (Å²) < 4.78 is 29.9. The van der Waals surface area contributed by atoms with Crippen LogP contribution in [-0.2, 0) is 42.7 Å². The maximum Gasteiger partial charge on any atom is 0.349 e. The summed E-state index contributed by atoms with van der Waals surface area (Å²) in [6, 6.07) is 13.6. The molecule has 0 saturated heterocycles. The highest BCUT2D eigenvalue weighted by molar-refractivity contribution is 7.53. The number of hydrogen-bond acceptors (Lipinski definition) is 7. The van der Waals surface area contributed by atoms with Crippen LogP contribution in [0.5, 0.6) is 0 Å². The molecule has 2 amide bonds. The van der Waals surface area contributed by atoms with Crippen LogP contribution >= 0.6 is 7.60 Å². The fraction of sp³-hybridized carbons (Fsp3) is 0.481. The van der Waals surface area contributed by atoms with Gasteiger partial charge >= 0.3 is 19.6 Å². The molecule has 1 aliphatic rings. The molecule has 0 saturated carbocycles. The zero-order valence-corrected chi connectivity index (χ0v) is 23.0. The first-order valence-electron chi connectivity index (χ1n) is 12.7.